The van der Waals surface area contributed by atoms with E-state index < -0.39 is 5.24 Å². The van der Waals surface area contributed by atoms with E-state index in [2.05, 4.69) is 0 Å². The van der Waals surface area contributed by atoms with Crippen molar-refractivity contribution < 1.29 is 4.79 Å². The van der Waals surface area contributed by atoms with Crippen molar-refractivity contribution in [3.05, 3.63) is 32.3 Å². The van der Waals surface area contributed by atoms with Crippen LogP contribution in [0.15, 0.2) is 6.07 Å². The highest BCUT2D eigenvalue weighted by atomic mass is 35.5. The molecule has 0 heterocycles. The molecule has 0 unspecified atom stereocenters. The van der Waals surface area contributed by atoms with Crippen molar-refractivity contribution in [2.45, 2.75) is 0 Å². The summed E-state index contributed by atoms with van der Waals surface area (Å²) >= 11 is 22.3. The molecule has 0 spiro atoms. The molecule has 0 fully saturated rings. The number of carbonyl (C=O) groups excluding carboxylic acids is 1. The molecule has 0 aliphatic heterocycles. The van der Waals surface area contributed by atoms with Gasteiger partial charge in [0, 0.05) is 0 Å². The molecule has 0 aliphatic rings. The number of halogens is 4. The largest absolute Gasteiger partial charge is 0.276 e. The fourth-order valence-electron chi connectivity index (χ4n) is 0.845. The molecule has 72 valence electrons. The first-order valence-corrected chi connectivity index (χ1v) is 4.77. The van der Waals surface area contributed by atoms with Gasteiger partial charge in [0.1, 0.15) is 6.07 Å². The van der Waals surface area contributed by atoms with Gasteiger partial charge in [-0.25, -0.2) is 0 Å². The second-order valence-corrected chi connectivity index (χ2v) is 3.80. The first kappa shape index (κ1) is 11.6. The van der Waals surface area contributed by atoms with Crippen LogP contribution in [-0.4, -0.2) is 5.24 Å². The van der Waals surface area contributed by atoms with Gasteiger partial charge >= 0.3 is 0 Å². The molecule has 0 aromatic heterocycles. The fourth-order valence-corrected chi connectivity index (χ4v) is 1.76. The first-order valence-electron chi connectivity index (χ1n) is 3.26. The first-order chi connectivity index (χ1) is 6.49. The van der Waals surface area contributed by atoms with Crippen molar-refractivity contribution in [2.24, 2.45) is 0 Å². The molecule has 6 heteroatoms. The van der Waals surface area contributed by atoms with E-state index in [-0.39, 0.29) is 26.2 Å². The van der Waals surface area contributed by atoms with Crippen LogP contribution in [0.2, 0.25) is 15.1 Å². The summed E-state index contributed by atoms with van der Waals surface area (Å²) in [7, 11) is 0. The molecular weight excluding hydrogens is 268 g/mol. The lowest BCUT2D eigenvalue weighted by atomic mass is 10.1. The number of hydrogen-bond donors (Lipinski definition) is 0. The summed E-state index contributed by atoms with van der Waals surface area (Å²) in [6.07, 6.45) is 0. The fraction of sp³-hybridized carbons (Fsp3) is 0. The van der Waals surface area contributed by atoms with Gasteiger partial charge in [-0.2, -0.15) is 5.26 Å². The van der Waals surface area contributed by atoms with E-state index in [1.807, 2.05) is 0 Å². The van der Waals surface area contributed by atoms with Gasteiger partial charge in [0.15, 0.2) is 0 Å². The summed E-state index contributed by atoms with van der Waals surface area (Å²) in [5.74, 6) is 0. The van der Waals surface area contributed by atoms with Crippen LogP contribution in [0.3, 0.4) is 0 Å². The number of rotatable bonds is 1. The quantitative estimate of drug-likeness (QED) is 0.573. The predicted octanol–water partition coefficient (Wildman–Crippen LogP) is 3.90. The number of hydrogen-bond acceptors (Lipinski definition) is 2. The second kappa shape index (κ2) is 4.37. The Labute approximate surface area is 99.9 Å². The van der Waals surface area contributed by atoms with Crippen LogP contribution < -0.4 is 0 Å². The highest BCUT2D eigenvalue weighted by Crippen LogP contribution is 2.34. The van der Waals surface area contributed by atoms with Crippen LogP contribution in [0.25, 0.3) is 0 Å². The van der Waals surface area contributed by atoms with Gasteiger partial charge in [-0.3, -0.25) is 4.79 Å². The van der Waals surface area contributed by atoms with Crippen molar-refractivity contribution in [1.29, 1.82) is 5.26 Å². The van der Waals surface area contributed by atoms with Crippen LogP contribution in [0.1, 0.15) is 15.9 Å². The molecule has 0 radical (unpaired) electrons. The van der Waals surface area contributed by atoms with Crippen molar-refractivity contribution in [3.63, 3.8) is 0 Å². The normalized spacial score (nSPS) is 9.64. The van der Waals surface area contributed by atoms with Crippen LogP contribution in [-0.2, 0) is 0 Å². The Kier molecular flexibility index (Phi) is 3.63. The number of nitrogens with zero attached hydrogens (tertiary/aromatic N) is 1. The smallest absolute Gasteiger partial charge is 0.253 e. The van der Waals surface area contributed by atoms with Crippen molar-refractivity contribution in [2.75, 3.05) is 0 Å². The zero-order chi connectivity index (χ0) is 10.9. The van der Waals surface area contributed by atoms with Gasteiger partial charge in [0.2, 0.25) is 0 Å². The average molecular weight is 269 g/mol. The molecule has 0 N–H and O–H groups in total. The Morgan fingerprint density at radius 3 is 2.29 bits per heavy atom. The minimum atomic E-state index is -0.787. The highest BCUT2D eigenvalue weighted by molar-refractivity contribution is 6.69. The molecular formula is C8HCl4NO. The van der Waals surface area contributed by atoms with E-state index in [1.165, 1.54) is 6.07 Å². The van der Waals surface area contributed by atoms with E-state index in [4.69, 9.17) is 51.7 Å². The Hall–Kier alpha value is -0.460. The van der Waals surface area contributed by atoms with Crippen molar-refractivity contribution in [1.82, 2.24) is 0 Å². The standard InChI is InChI=1S/C8HCl4NO/c9-5-1-3(8(12)14)6(10)4(2-13)7(5)11/h1H. The third-order valence-electron chi connectivity index (χ3n) is 1.48. The number of nitriles is 1. The molecule has 1 rings (SSSR count). The molecule has 0 aliphatic carbocycles. The topological polar surface area (TPSA) is 40.9 Å². The third kappa shape index (κ3) is 1.97. The van der Waals surface area contributed by atoms with Crippen LogP contribution in [0, 0.1) is 11.3 Å². The molecule has 1 aromatic carbocycles. The van der Waals surface area contributed by atoms with E-state index in [1.54, 1.807) is 6.07 Å². The minimum absolute atomic E-state index is 0.0147. The summed E-state index contributed by atoms with van der Waals surface area (Å²) in [4.78, 5) is 10.9. The SMILES string of the molecule is N#Cc1c(Cl)c(Cl)cc(C(=O)Cl)c1Cl. The zero-order valence-electron chi connectivity index (χ0n) is 6.44. The lowest BCUT2D eigenvalue weighted by Gasteiger charge is -2.04. The number of carbonyl (C=O) groups is 1. The van der Waals surface area contributed by atoms with E-state index in [0.717, 1.165) is 0 Å². The Morgan fingerprint density at radius 1 is 1.29 bits per heavy atom. The lowest BCUT2D eigenvalue weighted by Crippen LogP contribution is -1.94. The summed E-state index contributed by atoms with van der Waals surface area (Å²) in [5, 5.41) is 7.91. The molecule has 2 nitrogen and oxygen atoms in total. The Bertz CT molecular complexity index is 450. The average Bonchev–Trinajstić information content (AvgIpc) is 2.12. The van der Waals surface area contributed by atoms with Gasteiger partial charge in [0.05, 0.1) is 26.2 Å². The lowest BCUT2D eigenvalue weighted by molar-refractivity contribution is 0.108. The molecule has 1 aromatic rings. The van der Waals surface area contributed by atoms with Gasteiger partial charge in [-0.05, 0) is 17.7 Å². The summed E-state index contributed by atoms with van der Waals surface area (Å²) in [6, 6.07) is 2.97. The third-order valence-corrected chi connectivity index (χ3v) is 2.86. The van der Waals surface area contributed by atoms with Crippen LogP contribution >= 0.6 is 46.4 Å². The maximum atomic E-state index is 10.9. The molecule has 0 saturated carbocycles. The summed E-state index contributed by atoms with van der Waals surface area (Å²) in [5.41, 5.74) is -0.0795. The molecule has 0 bridgehead atoms. The monoisotopic (exact) mass is 267 g/mol. The maximum absolute atomic E-state index is 10.9. The van der Waals surface area contributed by atoms with Crippen LogP contribution in [0.5, 0.6) is 0 Å². The van der Waals surface area contributed by atoms with Gasteiger partial charge in [-0.1, -0.05) is 34.8 Å². The zero-order valence-corrected chi connectivity index (χ0v) is 9.47. The second-order valence-electron chi connectivity index (χ2n) is 2.29. The maximum Gasteiger partial charge on any atom is 0.253 e. The van der Waals surface area contributed by atoms with E-state index in [9.17, 15) is 4.79 Å². The van der Waals surface area contributed by atoms with E-state index in [0.29, 0.717) is 0 Å². The van der Waals surface area contributed by atoms with Gasteiger partial charge < -0.3 is 0 Å². The van der Waals surface area contributed by atoms with Crippen molar-refractivity contribution in [3.8, 4) is 6.07 Å². The molecule has 0 saturated heterocycles. The molecule has 14 heavy (non-hydrogen) atoms. The van der Waals surface area contributed by atoms with Gasteiger partial charge in [-0.15, -0.1) is 0 Å². The molecule has 0 atom stereocenters. The highest BCUT2D eigenvalue weighted by Gasteiger charge is 2.17. The minimum Gasteiger partial charge on any atom is -0.276 e. The summed E-state index contributed by atoms with van der Waals surface area (Å²) < 4.78 is 0. The van der Waals surface area contributed by atoms with Gasteiger partial charge in [0.25, 0.3) is 5.24 Å². The number of benzene rings is 1. The van der Waals surface area contributed by atoms with Crippen LogP contribution in [0.4, 0.5) is 0 Å². The predicted molar refractivity (Wildman–Crippen MR) is 56.4 cm³/mol. The summed E-state index contributed by atoms with van der Waals surface area (Å²) in [6.45, 7) is 0. The molecule has 0 amide bonds. The Morgan fingerprint density at radius 2 is 1.86 bits per heavy atom. The van der Waals surface area contributed by atoms with Crippen molar-refractivity contribution >= 4 is 51.6 Å². The van der Waals surface area contributed by atoms with E-state index >= 15 is 0 Å². The Balaban J connectivity index is 3.61.